The molecule has 1 heterocycles. The predicted molar refractivity (Wildman–Crippen MR) is 135 cm³/mol. The number of anilines is 1. The Hall–Kier alpha value is -3.80. The number of rotatable bonds is 10. The van der Waals surface area contributed by atoms with Gasteiger partial charge in [-0.2, -0.15) is 0 Å². The lowest BCUT2D eigenvalue weighted by Gasteiger charge is -2.18. The van der Waals surface area contributed by atoms with E-state index >= 15 is 0 Å². The number of carbonyl (C=O) groups is 1. The molecule has 0 saturated heterocycles. The van der Waals surface area contributed by atoms with E-state index in [4.69, 9.17) is 20.2 Å². The van der Waals surface area contributed by atoms with Gasteiger partial charge in [-0.1, -0.05) is 55.8 Å². The first-order chi connectivity index (χ1) is 16.6. The number of fused-ring (bicyclic) bond motifs is 1. The molecule has 34 heavy (non-hydrogen) atoms. The number of esters is 1. The number of imidazole rings is 1. The van der Waals surface area contributed by atoms with Crippen LogP contribution in [0, 0.1) is 0 Å². The number of aromatic nitrogens is 2. The van der Waals surface area contributed by atoms with Crippen LogP contribution in [0.4, 0.5) is 5.69 Å². The van der Waals surface area contributed by atoms with Crippen LogP contribution in [0.15, 0.2) is 72.8 Å². The highest BCUT2D eigenvalue weighted by Gasteiger charge is 2.24. The van der Waals surface area contributed by atoms with Gasteiger partial charge in [0.25, 0.3) is 0 Å². The first-order valence-corrected chi connectivity index (χ1v) is 11.8. The number of carbonyl (C=O) groups excluding carboxylic acids is 1. The third kappa shape index (κ3) is 5.39. The normalized spacial score (nSPS) is 11.9. The van der Waals surface area contributed by atoms with Gasteiger partial charge in [0.1, 0.15) is 11.6 Å². The summed E-state index contributed by atoms with van der Waals surface area (Å²) >= 11 is 0. The van der Waals surface area contributed by atoms with Crippen LogP contribution in [0.2, 0.25) is 0 Å². The van der Waals surface area contributed by atoms with Crippen LogP contribution in [-0.4, -0.2) is 22.1 Å². The monoisotopic (exact) mass is 457 g/mol. The molecule has 0 radical (unpaired) electrons. The number of nitrogens with two attached hydrogens (primary N) is 1. The third-order valence-electron chi connectivity index (χ3n) is 5.73. The van der Waals surface area contributed by atoms with Gasteiger partial charge in [0.15, 0.2) is 0 Å². The Morgan fingerprint density at radius 2 is 1.79 bits per heavy atom. The highest BCUT2D eigenvalue weighted by molar-refractivity contribution is 5.80. The minimum atomic E-state index is -0.812. The molecule has 0 aliphatic rings. The molecule has 0 spiro atoms. The summed E-state index contributed by atoms with van der Waals surface area (Å²) < 4.78 is 13.5. The molecule has 0 fully saturated rings. The molecule has 2 N–H and O–H groups in total. The lowest BCUT2D eigenvalue weighted by Crippen LogP contribution is -2.21. The zero-order chi connectivity index (χ0) is 23.9. The first kappa shape index (κ1) is 23.4. The van der Waals surface area contributed by atoms with Gasteiger partial charge >= 0.3 is 5.97 Å². The Labute approximate surface area is 200 Å². The Morgan fingerprint density at radius 3 is 2.50 bits per heavy atom. The van der Waals surface area contributed by atoms with E-state index in [9.17, 15) is 4.79 Å². The molecule has 4 aromatic rings. The fourth-order valence-electron chi connectivity index (χ4n) is 3.98. The van der Waals surface area contributed by atoms with Crippen molar-refractivity contribution in [3.05, 3.63) is 89.7 Å². The van der Waals surface area contributed by atoms with Gasteiger partial charge in [-0.25, -0.2) is 9.78 Å². The van der Waals surface area contributed by atoms with Gasteiger partial charge in [0.2, 0.25) is 6.10 Å². The Kier molecular flexibility index (Phi) is 7.48. The number of hydrogen-bond acceptors (Lipinski definition) is 5. The second-order valence-electron chi connectivity index (χ2n) is 8.27. The molecule has 6 heteroatoms. The van der Waals surface area contributed by atoms with E-state index in [1.807, 2.05) is 72.8 Å². The van der Waals surface area contributed by atoms with Crippen LogP contribution in [0.5, 0.6) is 5.75 Å². The average molecular weight is 458 g/mol. The maximum absolute atomic E-state index is 12.5. The summed E-state index contributed by atoms with van der Waals surface area (Å²) in [7, 11) is 0. The molecule has 0 saturated carbocycles. The summed E-state index contributed by atoms with van der Waals surface area (Å²) in [6.07, 6.45) is 2.30. The fourth-order valence-corrected chi connectivity index (χ4v) is 3.98. The van der Waals surface area contributed by atoms with Crippen LogP contribution >= 0.6 is 0 Å². The molecule has 0 aliphatic carbocycles. The van der Waals surface area contributed by atoms with Gasteiger partial charge in [0.05, 0.1) is 17.6 Å². The average Bonchev–Trinajstić information content (AvgIpc) is 3.19. The highest BCUT2D eigenvalue weighted by atomic mass is 16.6. The number of ether oxygens (including phenoxy) is 2. The lowest BCUT2D eigenvalue weighted by atomic mass is 10.1. The smallest absolute Gasteiger partial charge is 0.352 e. The van der Waals surface area contributed by atoms with Crippen molar-refractivity contribution in [2.24, 2.45) is 0 Å². The van der Waals surface area contributed by atoms with Crippen LogP contribution < -0.4 is 10.5 Å². The zero-order valence-electron chi connectivity index (χ0n) is 19.7. The number of nitrogen functional groups attached to an aromatic ring is 1. The Morgan fingerprint density at radius 1 is 1.03 bits per heavy atom. The number of unbranched alkanes of at least 4 members (excludes halogenated alkanes) is 1. The second-order valence-corrected chi connectivity index (χ2v) is 8.27. The molecule has 0 amide bonds. The molecule has 1 aromatic heterocycles. The molecule has 176 valence electrons. The number of benzene rings is 3. The molecule has 1 atom stereocenters. The van der Waals surface area contributed by atoms with E-state index in [0.717, 1.165) is 52.9 Å². The Bertz CT molecular complexity index is 1230. The molecular formula is C28H31N3O3. The van der Waals surface area contributed by atoms with E-state index < -0.39 is 12.1 Å². The number of aryl methyl sites for hydroxylation is 1. The van der Waals surface area contributed by atoms with Crippen LogP contribution in [0.25, 0.3) is 11.0 Å². The van der Waals surface area contributed by atoms with Crippen molar-refractivity contribution >= 4 is 22.7 Å². The zero-order valence-corrected chi connectivity index (χ0v) is 19.7. The predicted octanol–water partition coefficient (Wildman–Crippen LogP) is 5.69. The SMILES string of the molecule is CCCCc1nc2ccc(N)cc2n1Cc1ccc(OC(C(=O)OCC)c2ccccc2)cc1. The molecular weight excluding hydrogens is 426 g/mol. The molecule has 6 nitrogen and oxygen atoms in total. The van der Waals surface area contributed by atoms with E-state index in [1.54, 1.807) is 6.92 Å². The lowest BCUT2D eigenvalue weighted by molar-refractivity contribution is -0.151. The van der Waals surface area contributed by atoms with Crippen LogP contribution in [0.1, 0.15) is 49.7 Å². The van der Waals surface area contributed by atoms with Gasteiger partial charge in [0, 0.05) is 24.2 Å². The van der Waals surface area contributed by atoms with E-state index in [1.165, 1.54) is 0 Å². The summed E-state index contributed by atoms with van der Waals surface area (Å²) in [5.74, 6) is 1.27. The summed E-state index contributed by atoms with van der Waals surface area (Å²) in [4.78, 5) is 17.4. The molecule has 3 aromatic carbocycles. The van der Waals surface area contributed by atoms with Gasteiger partial charge in [-0.05, 0) is 49.2 Å². The summed E-state index contributed by atoms with van der Waals surface area (Å²) in [5, 5.41) is 0. The minimum absolute atomic E-state index is 0.300. The van der Waals surface area contributed by atoms with Crippen LogP contribution in [0.3, 0.4) is 0 Å². The topological polar surface area (TPSA) is 79.4 Å². The van der Waals surface area contributed by atoms with Gasteiger partial charge in [-0.3, -0.25) is 0 Å². The molecule has 1 unspecified atom stereocenters. The highest BCUT2D eigenvalue weighted by Crippen LogP contribution is 2.26. The van der Waals surface area contributed by atoms with Gasteiger partial charge < -0.3 is 19.8 Å². The largest absolute Gasteiger partial charge is 0.474 e. The standard InChI is InChI=1S/C28H31N3O3/c1-3-5-11-26-30-24-17-14-22(29)18-25(24)31(26)19-20-12-15-23(16-13-20)34-27(28(32)33-4-2)21-9-7-6-8-10-21/h6-10,12-18,27H,3-5,11,19,29H2,1-2H3. The van der Waals surface area contributed by atoms with Gasteiger partial charge in [-0.15, -0.1) is 0 Å². The van der Waals surface area contributed by atoms with Crippen molar-refractivity contribution < 1.29 is 14.3 Å². The molecule has 0 bridgehead atoms. The fraction of sp³-hybridized carbons (Fsp3) is 0.286. The third-order valence-corrected chi connectivity index (χ3v) is 5.73. The molecule has 4 rings (SSSR count). The van der Waals surface area contributed by atoms with Crippen molar-refractivity contribution in [3.63, 3.8) is 0 Å². The summed E-state index contributed by atoms with van der Waals surface area (Å²) in [5.41, 5.74) is 10.7. The maximum Gasteiger partial charge on any atom is 0.352 e. The summed E-state index contributed by atoms with van der Waals surface area (Å²) in [6.45, 7) is 4.95. The number of hydrogen-bond donors (Lipinski definition) is 1. The van der Waals surface area contributed by atoms with Crippen molar-refractivity contribution in [3.8, 4) is 5.75 Å². The van der Waals surface area contributed by atoms with Crippen molar-refractivity contribution in [2.75, 3.05) is 12.3 Å². The number of nitrogens with zero attached hydrogens (tertiary/aromatic N) is 2. The second kappa shape index (κ2) is 10.9. The van der Waals surface area contributed by atoms with Crippen LogP contribution in [-0.2, 0) is 22.5 Å². The van der Waals surface area contributed by atoms with E-state index in [0.29, 0.717) is 18.9 Å². The minimum Gasteiger partial charge on any atom is -0.474 e. The van der Waals surface area contributed by atoms with Crippen molar-refractivity contribution in [1.82, 2.24) is 9.55 Å². The van der Waals surface area contributed by atoms with E-state index in [2.05, 4.69) is 11.5 Å². The molecule has 0 aliphatic heterocycles. The maximum atomic E-state index is 12.5. The quantitative estimate of drug-likeness (QED) is 0.244. The summed E-state index contributed by atoms with van der Waals surface area (Å²) in [6, 6.07) is 23.1. The van der Waals surface area contributed by atoms with E-state index in [-0.39, 0.29) is 0 Å². The van der Waals surface area contributed by atoms with Crippen molar-refractivity contribution in [2.45, 2.75) is 45.8 Å². The van der Waals surface area contributed by atoms with Crippen molar-refractivity contribution in [1.29, 1.82) is 0 Å². The Balaban J connectivity index is 1.56. The first-order valence-electron chi connectivity index (χ1n) is 11.8.